The number of benzene rings is 2. The Bertz CT molecular complexity index is 891. The van der Waals surface area contributed by atoms with Crippen molar-refractivity contribution in [3.8, 4) is 0 Å². The lowest BCUT2D eigenvalue weighted by atomic mass is 10.2. The molecule has 0 heterocycles. The third-order valence-corrected chi connectivity index (χ3v) is 6.61. The van der Waals surface area contributed by atoms with Crippen LogP contribution in [0, 0.1) is 0 Å². The number of azo groups is 1. The molecule has 8 heteroatoms. The summed E-state index contributed by atoms with van der Waals surface area (Å²) in [4.78, 5) is 14.8. The van der Waals surface area contributed by atoms with Crippen LogP contribution in [-0.2, 0) is 4.79 Å². The van der Waals surface area contributed by atoms with Crippen LogP contribution >= 0.6 is 23.2 Å². The number of quaternary nitrogens is 1. The Hall–Kier alpha value is -2.15. The van der Waals surface area contributed by atoms with Crippen molar-refractivity contribution >= 4 is 51.9 Å². The van der Waals surface area contributed by atoms with E-state index in [0.29, 0.717) is 33.7 Å². The van der Waals surface area contributed by atoms with Crippen LogP contribution < -0.4 is 10.2 Å². The van der Waals surface area contributed by atoms with Crippen molar-refractivity contribution in [1.82, 2.24) is 0 Å². The molecule has 0 unspecified atom stereocenters. The molecule has 0 aliphatic carbocycles. The summed E-state index contributed by atoms with van der Waals surface area (Å²) in [7, 11) is 0. The fourth-order valence-electron chi connectivity index (χ4n) is 3.67. The van der Waals surface area contributed by atoms with Crippen molar-refractivity contribution in [2.24, 2.45) is 10.2 Å². The highest BCUT2D eigenvalue weighted by Crippen LogP contribution is 2.37. The summed E-state index contributed by atoms with van der Waals surface area (Å²) < 4.78 is 0.729. The average molecular weight is 479 g/mol. The Morgan fingerprint density at radius 2 is 1.44 bits per heavy atom. The van der Waals surface area contributed by atoms with Crippen LogP contribution in [0.5, 0.6) is 0 Å². The molecule has 0 aliphatic rings. The van der Waals surface area contributed by atoms with Gasteiger partial charge in [0.2, 0.25) is 0 Å². The minimum Gasteiger partial charge on any atom is -0.372 e. The largest absolute Gasteiger partial charge is 0.372 e. The van der Waals surface area contributed by atoms with Crippen molar-refractivity contribution in [1.29, 1.82) is 0 Å². The number of likely N-dealkylation sites (N-methyl/N-ethyl adjacent to an activating group) is 1. The Morgan fingerprint density at radius 3 is 1.91 bits per heavy atom. The molecule has 1 N–H and O–H groups in total. The maximum absolute atomic E-state index is 12.6. The molecule has 0 saturated carbocycles. The fraction of sp³-hybridized carbons (Fsp3) is 0.458. The van der Waals surface area contributed by atoms with Gasteiger partial charge in [0.05, 0.1) is 35.4 Å². The molecule has 0 atom stereocenters. The number of carbonyl (C=O) groups excluding carboxylic acids is 1. The van der Waals surface area contributed by atoms with Gasteiger partial charge in [-0.25, -0.2) is 0 Å². The lowest BCUT2D eigenvalue weighted by molar-refractivity contribution is -0.915. The molecule has 0 bridgehead atoms. The highest BCUT2D eigenvalue weighted by atomic mass is 35.5. The SMILES string of the molecule is CCN(CC)c1ccc(N=Nc2c(Cl)cc(NC(=O)C[N+](CC)(CC)CC)cc2Cl)cc1. The second-order valence-corrected chi connectivity index (χ2v) is 8.49. The number of carbonyl (C=O) groups is 1. The molecule has 32 heavy (non-hydrogen) atoms. The molecular formula is C24H34Cl2N5O+. The first-order valence-corrected chi connectivity index (χ1v) is 12.0. The Kier molecular flexibility index (Phi) is 9.94. The minimum atomic E-state index is -0.0645. The molecule has 2 aromatic carbocycles. The van der Waals surface area contributed by atoms with Crippen molar-refractivity contribution in [3.05, 3.63) is 46.4 Å². The highest BCUT2D eigenvalue weighted by Gasteiger charge is 2.25. The number of rotatable bonds is 11. The summed E-state index contributed by atoms with van der Waals surface area (Å²) in [5.74, 6) is -0.0645. The summed E-state index contributed by atoms with van der Waals surface area (Å²) >= 11 is 12.8. The zero-order valence-electron chi connectivity index (χ0n) is 19.7. The Labute approximate surface area is 201 Å². The summed E-state index contributed by atoms with van der Waals surface area (Å²) in [6, 6.07) is 11.2. The maximum Gasteiger partial charge on any atom is 0.279 e. The van der Waals surface area contributed by atoms with Crippen LogP contribution in [0.2, 0.25) is 10.0 Å². The summed E-state index contributed by atoms with van der Waals surface area (Å²) in [6.45, 7) is 15.6. The molecule has 0 saturated heterocycles. The van der Waals surface area contributed by atoms with E-state index in [1.165, 1.54) is 0 Å². The molecule has 1 amide bonds. The van der Waals surface area contributed by atoms with E-state index in [4.69, 9.17) is 23.2 Å². The van der Waals surface area contributed by atoms with Gasteiger partial charge in [0.1, 0.15) is 5.69 Å². The first-order chi connectivity index (χ1) is 15.3. The second kappa shape index (κ2) is 12.2. The summed E-state index contributed by atoms with van der Waals surface area (Å²) in [6.07, 6.45) is 0. The number of hydrogen-bond donors (Lipinski definition) is 1. The van der Waals surface area contributed by atoms with Gasteiger partial charge in [-0.1, -0.05) is 23.2 Å². The average Bonchev–Trinajstić information content (AvgIpc) is 2.78. The predicted octanol–water partition coefficient (Wildman–Crippen LogP) is 7.07. The van der Waals surface area contributed by atoms with E-state index in [9.17, 15) is 4.79 Å². The first kappa shape index (κ1) is 26.1. The van der Waals surface area contributed by atoms with Crippen LogP contribution in [0.15, 0.2) is 46.6 Å². The smallest absolute Gasteiger partial charge is 0.279 e. The van der Waals surface area contributed by atoms with E-state index in [1.54, 1.807) is 12.1 Å². The number of hydrogen-bond acceptors (Lipinski definition) is 4. The fourth-order valence-corrected chi connectivity index (χ4v) is 4.23. The minimum absolute atomic E-state index is 0.0645. The monoisotopic (exact) mass is 478 g/mol. The number of halogens is 2. The number of nitrogens with one attached hydrogen (secondary N) is 1. The zero-order valence-corrected chi connectivity index (χ0v) is 21.2. The predicted molar refractivity (Wildman–Crippen MR) is 136 cm³/mol. The van der Waals surface area contributed by atoms with E-state index in [2.05, 4.69) is 55.1 Å². The number of anilines is 2. The van der Waals surface area contributed by atoms with Gasteiger partial charge in [0.15, 0.2) is 6.54 Å². The molecule has 6 nitrogen and oxygen atoms in total. The van der Waals surface area contributed by atoms with Crippen LogP contribution in [0.4, 0.5) is 22.7 Å². The van der Waals surface area contributed by atoms with Crippen LogP contribution in [-0.4, -0.2) is 49.7 Å². The zero-order chi connectivity index (χ0) is 23.7. The third kappa shape index (κ3) is 6.67. The lowest BCUT2D eigenvalue weighted by Crippen LogP contribution is -2.51. The van der Waals surface area contributed by atoms with Crippen LogP contribution in [0.25, 0.3) is 0 Å². The van der Waals surface area contributed by atoms with Crippen LogP contribution in [0.1, 0.15) is 34.6 Å². The number of nitrogens with zero attached hydrogens (tertiary/aromatic N) is 4. The second-order valence-electron chi connectivity index (χ2n) is 7.67. The van der Waals surface area contributed by atoms with E-state index in [-0.39, 0.29) is 5.91 Å². The topological polar surface area (TPSA) is 57.1 Å². The van der Waals surface area contributed by atoms with Crippen molar-refractivity contribution in [2.75, 3.05) is 49.5 Å². The molecule has 2 rings (SSSR count). The molecule has 0 aromatic heterocycles. The maximum atomic E-state index is 12.6. The van der Waals surface area contributed by atoms with Gasteiger partial charge >= 0.3 is 0 Å². The van der Waals surface area contributed by atoms with E-state index in [1.807, 2.05) is 24.3 Å². The third-order valence-electron chi connectivity index (χ3n) is 6.04. The highest BCUT2D eigenvalue weighted by molar-refractivity contribution is 6.39. The summed E-state index contributed by atoms with van der Waals surface area (Å²) in [5, 5.41) is 12.1. The van der Waals surface area contributed by atoms with Gasteiger partial charge in [0.25, 0.3) is 5.91 Å². The van der Waals surface area contributed by atoms with Gasteiger partial charge in [-0.15, -0.1) is 5.11 Å². The molecular weight excluding hydrogens is 445 g/mol. The molecule has 0 spiro atoms. The Morgan fingerprint density at radius 1 is 0.906 bits per heavy atom. The quantitative estimate of drug-likeness (QED) is 0.277. The molecule has 0 radical (unpaired) electrons. The molecule has 0 aliphatic heterocycles. The van der Waals surface area contributed by atoms with Crippen molar-refractivity contribution in [3.63, 3.8) is 0 Å². The Balaban J connectivity index is 2.13. The number of amides is 1. The molecule has 0 fully saturated rings. The van der Waals surface area contributed by atoms with Crippen molar-refractivity contribution < 1.29 is 9.28 Å². The van der Waals surface area contributed by atoms with Gasteiger partial charge < -0.3 is 14.7 Å². The van der Waals surface area contributed by atoms with E-state index < -0.39 is 0 Å². The van der Waals surface area contributed by atoms with Crippen LogP contribution in [0.3, 0.4) is 0 Å². The van der Waals surface area contributed by atoms with E-state index >= 15 is 0 Å². The van der Waals surface area contributed by atoms with Gasteiger partial charge in [-0.05, 0) is 71.0 Å². The molecule has 174 valence electrons. The lowest BCUT2D eigenvalue weighted by Gasteiger charge is -2.34. The molecule has 2 aromatic rings. The van der Waals surface area contributed by atoms with Gasteiger partial charge in [-0.3, -0.25) is 4.79 Å². The van der Waals surface area contributed by atoms with Gasteiger partial charge in [0, 0.05) is 24.5 Å². The van der Waals surface area contributed by atoms with E-state index in [0.717, 1.165) is 42.9 Å². The summed E-state index contributed by atoms with van der Waals surface area (Å²) in [5.41, 5.74) is 2.77. The van der Waals surface area contributed by atoms with Crippen molar-refractivity contribution in [2.45, 2.75) is 34.6 Å². The first-order valence-electron chi connectivity index (χ1n) is 11.2. The standard InChI is InChI=1S/C24H33Cl2N5O/c1-6-30(7-2)20-13-11-18(12-14-20)28-29-24-21(25)15-19(16-22(24)26)27-23(32)17-31(8-3,9-4)10-5/h11-16H,6-10,17H2,1-5H3/p+1. The van der Waals surface area contributed by atoms with Gasteiger partial charge in [-0.2, -0.15) is 5.11 Å². The normalized spacial score (nSPS) is 11.7.